The molecule has 1 fully saturated rings. The number of carbonyl (C=O) groups excluding carboxylic acids is 1. The fourth-order valence-electron chi connectivity index (χ4n) is 2.90. The van der Waals surface area contributed by atoms with Crippen molar-refractivity contribution >= 4 is 23.5 Å². The predicted molar refractivity (Wildman–Crippen MR) is 84.7 cm³/mol. The third-order valence-electron chi connectivity index (χ3n) is 3.97. The van der Waals surface area contributed by atoms with Crippen molar-refractivity contribution in [3.05, 3.63) is 22.7 Å². The molecule has 2 heterocycles. The molecule has 8 heteroatoms. The second-order valence-corrected chi connectivity index (χ2v) is 6.10. The first-order valence-corrected chi connectivity index (χ1v) is 8.09. The van der Waals surface area contributed by atoms with Crippen LogP contribution in [0.2, 0.25) is 5.02 Å². The molecule has 1 saturated heterocycles. The standard InChI is InChI=1S/C16H18ClNO6/c17-12-5-10(6-13-16(12)24-4-3-23-13)7-14(19)18-1-2-22-9-11(18)8-15(20)21/h5-6,11H,1-4,7-9H2,(H,20,21). The molecule has 130 valence electrons. The maximum atomic E-state index is 12.6. The molecule has 0 saturated carbocycles. The van der Waals surface area contributed by atoms with Crippen molar-refractivity contribution in [1.82, 2.24) is 4.90 Å². The molecule has 7 nitrogen and oxygen atoms in total. The Kier molecular flexibility index (Phi) is 5.11. The summed E-state index contributed by atoms with van der Waals surface area (Å²) in [5.74, 6) is -0.0853. The molecular weight excluding hydrogens is 338 g/mol. The van der Waals surface area contributed by atoms with Crippen molar-refractivity contribution in [2.75, 3.05) is 33.0 Å². The van der Waals surface area contributed by atoms with Crippen LogP contribution in [-0.4, -0.2) is 60.9 Å². The number of carboxylic acids is 1. The number of halogens is 1. The highest BCUT2D eigenvalue weighted by molar-refractivity contribution is 6.32. The van der Waals surface area contributed by atoms with Crippen molar-refractivity contribution in [2.45, 2.75) is 18.9 Å². The van der Waals surface area contributed by atoms with Crippen LogP contribution in [0.15, 0.2) is 12.1 Å². The smallest absolute Gasteiger partial charge is 0.305 e. The van der Waals surface area contributed by atoms with E-state index in [1.165, 1.54) is 0 Å². The van der Waals surface area contributed by atoms with E-state index in [0.29, 0.717) is 48.5 Å². The summed E-state index contributed by atoms with van der Waals surface area (Å²) < 4.78 is 16.3. The number of rotatable bonds is 4. The molecule has 0 spiro atoms. The zero-order valence-electron chi connectivity index (χ0n) is 13.0. The number of nitrogens with zero attached hydrogens (tertiary/aromatic N) is 1. The fourth-order valence-corrected chi connectivity index (χ4v) is 3.18. The number of morpholine rings is 1. The molecule has 0 bridgehead atoms. The van der Waals surface area contributed by atoms with E-state index in [0.717, 1.165) is 0 Å². The zero-order valence-corrected chi connectivity index (χ0v) is 13.8. The number of hydrogen-bond donors (Lipinski definition) is 1. The van der Waals surface area contributed by atoms with Crippen molar-refractivity contribution in [3.63, 3.8) is 0 Å². The summed E-state index contributed by atoms with van der Waals surface area (Å²) in [4.78, 5) is 25.1. The van der Waals surface area contributed by atoms with Crippen LogP contribution in [0.4, 0.5) is 0 Å². The number of carbonyl (C=O) groups is 2. The monoisotopic (exact) mass is 355 g/mol. The highest BCUT2D eigenvalue weighted by atomic mass is 35.5. The van der Waals surface area contributed by atoms with Crippen LogP contribution in [0.3, 0.4) is 0 Å². The van der Waals surface area contributed by atoms with Gasteiger partial charge in [-0.05, 0) is 17.7 Å². The van der Waals surface area contributed by atoms with Gasteiger partial charge >= 0.3 is 5.97 Å². The molecule has 0 radical (unpaired) electrons. The molecule has 2 aliphatic heterocycles. The van der Waals surface area contributed by atoms with E-state index in [4.69, 9.17) is 30.9 Å². The third kappa shape index (κ3) is 3.73. The lowest BCUT2D eigenvalue weighted by atomic mass is 10.1. The molecule has 3 rings (SSSR count). The van der Waals surface area contributed by atoms with Gasteiger partial charge in [0.15, 0.2) is 11.5 Å². The lowest BCUT2D eigenvalue weighted by molar-refractivity contribution is -0.145. The first kappa shape index (κ1) is 16.9. The Bertz CT molecular complexity index is 650. The Labute approximate surface area is 144 Å². The third-order valence-corrected chi connectivity index (χ3v) is 4.25. The number of benzene rings is 1. The summed E-state index contributed by atoms with van der Waals surface area (Å²) in [7, 11) is 0. The summed E-state index contributed by atoms with van der Waals surface area (Å²) in [6.45, 7) is 1.90. The number of carboxylic acid groups (broad SMARTS) is 1. The van der Waals surface area contributed by atoms with Gasteiger partial charge in [-0.2, -0.15) is 0 Å². The summed E-state index contributed by atoms with van der Waals surface area (Å²) in [6, 6.07) is 2.97. The number of fused-ring (bicyclic) bond motifs is 1. The maximum Gasteiger partial charge on any atom is 0.305 e. The van der Waals surface area contributed by atoms with E-state index in [9.17, 15) is 9.59 Å². The molecule has 1 aromatic carbocycles. The SMILES string of the molecule is O=C(O)CC1COCCN1C(=O)Cc1cc(Cl)c2c(c1)OCCO2. The second kappa shape index (κ2) is 7.27. The maximum absolute atomic E-state index is 12.6. The normalized spacial score (nSPS) is 19.9. The van der Waals surface area contributed by atoms with Gasteiger partial charge in [0, 0.05) is 6.54 Å². The summed E-state index contributed by atoms with van der Waals surface area (Å²) in [5, 5.41) is 9.38. The van der Waals surface area contributed by atoms with Crippen molar-refractivity contribution < 1.29 is 28.9 Å². The molecule has 1 unspecified atom stereocenters. The molecule has 0 aromatic heterocycles. The van der Waals surface area contributed by atoms with Gasteiger partial charge in [-0.25, -0.2) is 0 Å². The average Bonchev–Trinajstić information content (AvgIpc) is 2.55. The van der Waals surface area contributed by atoms with Crippen molar-refractivity contribution in [1.29, 1.82) is 0 Å². The number of ether oxygens (including phenoxy) is 3. The first-order valence-electron chi connectivity index (χ1n) is 7.71. The summed E-state index contributed by atoms with van der Waals surface area (Å²) in [6.07, 6.45) is -0.0138. The molecule has 1 aromatic rings. The molecule has 1 amide bonds. The minimum Gasteiger partial charge on any atom is -0.486 e. The van der Waals surface area contributed by atoms with Gasteiger partial charge < -0.3 is 24.2 Å². The molecule has 1 atom stereocenters. The van der Waals surface area contributed by atoms with Gasteiger partial charge in [-0.1, -0.05) is 11.6 Å². The van der Waals surface area contributed by atoms with Crippen molar-refractivity contribution in [2.24, 2.45) is 0 Å². The van der Waals surface area contributed by atoms with E-state index in [2.05, 4.69) is 0 Å². The number of amides is 1. The van der Waals surface area contributed by atoms with Gasteiger partial charge in [-0.15, -0.1) is 0 Å². The Balaban J connectivity index is 1.73. The van der Waals surface area contributed by atoms with Gasteiger partial charge in [0.2, 0.25) is 5.91 Å². The van der Waals surface area contributed by atoms with Crippen LogP contribution >= 0.6 is 11.6 Å². The highest BCUT2D eigenvalue weighted by Gasteiger charge is 2.29. The van der Waals surface area contributed by atoms with Crippen LogP contribution in [0.5, 0.6) is 11.5 Å². The quantitative estimate of drug-likeness (QED) is 0.877. The number of aliphatic carboxylic acids is 1. The lowest BCUT2D eigenvalue weighted by Gasteiger charge is -2.35. The molecule has 24 heavy (non-hydrogen) atoms. The van der Waals surface area contributed by atoms with Gasteiger partial charge in [0.05, 0.1) is 37.1 Å². The first-order chi connectivity index (χ1) is 11.5. The topological polar surface area (TPSA) is 85.3 Å². The van der Waals surface area contributed by atoms with Crippen LogP contribution in [-0.2, 0) is 20.7 Å². The molecule has 1 N–H and O–H groups in total. The minimum atomic E-state index is -0.953. The van der Waals surface area contributed by atoms with Crippen LogP contribution < -0.4 is 9.47 Å². The lowest BCUT2D eigenvalue weighted by Crippen LogP contribution is -2.50. The average molecular weight is 356 g/mol. The van der Waals surface area contributed by atoms with Crippen LogP contribution in [0, 0.1) is 0 Å². The van der Waals surface area contributed by atoms with E-state index in [-0.39, 0.29) is 25.4 Å². The van der Waals surface area contributed by atoms with Gasteiger partial charge in [0.25, 0.3) is 0 Å². The highest BCUT2D eigenvalue weighted by Crippen LogP contribution is 2.38. The predicted octanol–water partition coefficient (Wildman–Crippen LogP) is 1.36. The second-order valence-electron chi connectivity index (χ2n) is 5.69. The van der Waals surface area contributed by atoms with Crippen LogP contribution in [0.25, 0.3) is 0 Å². The number of hydrogen-bond acceptors (Lipinski definition) is 5. The summed E-state index contributed by atoms with van der Waals surface area (Å²) >= 11 is 6.19. The largest absolute Gasteiger partial charge is 0.486 e. The summed E-state index contributed by atoms with van der Waals surface area (Å²) in [5.41, 5.74) is 0.704. The molecule has 2 aliphatic rings. The van der Waals surface area contributed by atoms with Crippen molar-refractivity contribution in [3.8, 4) is 11.5 Å². The Morgan fingerprint density at radius 1 is 1.25 bits per heavy atom. The minimum absolute atomic E-state index is 0.118. The van der Waals surface area contributed by atoms with E-state index < -0.39 is 12.0 Å². The Morgan fingerprint density at radius 2 is 2.04 bits per heavy atom. The Morgan fingerprint density at radius 3 is 2.83 bits per heavy atom. The molecule has 0 aliphatic carbocycles. The van der Waals surface area contributed by atoms with Gasteiger partial charge in [0.1, 0.15) is 13.2 Å². The van der Waals surface area contributed by atoms with E-state index in [1.807, 2.05) is 0 Å². The van der Waals surface area contributed by atoms with E-state index >= 15 is 0 Å². The fraction of sp³-hybridized carbons (Fsp3) is 0.500. The van der Waals surface area contributed by atoms with Gasteiger partial charge in [-0.3, -0.25) is 9.59 Å². The van der Waals surface area contributed by atoms with Crippen LogP contribution in [0.1, 0.15) is 12.0 Å². The zero-order chi connectivity index (χ0) is 17.1. The molecular formula is C16H18ClNO6. The van der Waals surface area contributed by atoms with E-state index in [1.54, 1.807) is 17.0 Å². The Hall–Kier alpha value is -1.99.